The number of ether oxygens (including phenoxy) is 3. The molecule has 1 heterocycles. The Morgan fingerprint density at radius 2 is 2.10 bits per heavy atom. The van der Waals surface area contributed by atoms with Crippen LogP contribution in [0.25, 0.3) is 0 Å². The van der Waals surface area contributed by atoms with Crippen LogP contribution in [0.15, 0.2) is 12.3 Å². The second-order valence-corrected chi connectivity index (χ2v) is 4.65. The molecule has 1 aromatic heterocycles. The molecule has 110 valence electrons. The number of nitrogens with zero attached hydrogens (tertiary/aromatic N) is 1. The van der Waals surface area contributed by atoms with Crippen molar-refractivity contribution in [3.8, 4) is 11.5 Å². The molecule has 0 aromatic carbocycles. The predicted octanol–water partition coefficient (Wildman–Crippen LogP) is 2.30. The number of aromatic nitrogens is 1. The van der Waals surface area contributed by atoms with Crippen LogP contribution in [0.2, 0.25) is 0 Å². The summed E-state index contributed by atoms with van der Waals surface area (Å²) in [5.74, 6) is -2.70. The maximum atomic E-state index is 12.7. The molecule has 1 fully saturated rings. The van der Waals surface area contributed by atoms with Crippen LogP contribution in [0.5, 0.6) is 11.5 Å². The summed E-state index contributed by atoms with van der Waals surface area (Å²) >= 11 is 0. The standard InChI is InChI=1S/C13H15F2NO4/c1-18-10-3-9(12(17)19-2)16-6-11(10)20-7-8-4-13(14,15)5-8/h3,6,8H,4-5,7H2,1-2H3. The third kappa shape index (κ3) is 3.15. The number of esters is 1. The van der Waals surface area contributed by atoms with Crippen LogP contribution >= 0.6 is 0 Å². The minimum Gasteiger partial charge on any atom is -0.493 e. The van der Waals surface area contributed by atoms with Gasteiger partial charge in [0, 0.05) is 24.8 Å². The van der Waals surface area contributed by atoms with Crippen molar-refractivity contribution in [3.63, 3.8) is 0 Å². The Morgan fingerprint density at radius 1 is 1.40 bits per heavy atom. The highest BCUT2D eigenvalue weighted by Gasteiger charge is 2.45. The van der Waals surface area contributed by atoms with E-state index in [1.54, 1.807) is 0 Å². The van der Waals surface area contributed by atoms with Gasteiger partial charge in [-0.15, -0.1) is 0 Å². The Hall–Kier alpha value is -1.92. The molecule has 20 heavy (non-hydrogen) atoms. The van der Waals surface area contributed by atoms with Crippen LogP contribution in [0.1, 0.15) is 23.3 Å². The van der Waals surface area contributed by atoms with Crippen LogP contribution < -0.4 is 9.47 Å². The van der Waals surface area contributed by atoms with E-state index < -0.39 is 11.9 Å². The van der Waals surface area contributed by atoms with Gasteiger partial charge >= 0.3 is 5.97 Å². The van der Waals surface area contributed by atoms with Crippen molar-refractivity contribution < 1.29 is 27.8 Å². The first-order chi connectivity index (χ1) is 9.45. The molecule has 1 aliphatic rings. The van der Waals surface area contributed by atoms with Crippen molar-refractivity contribution in [1.82, 2.24) is 4.98 Å². The van der Waals surface area contributed by atoms with Gasteiger partial charge < -0.3 is 14.2 Å². The number of halogens is 2. The SMILES string of the molecule is COC(=O)c1cc(OC)c(OCC2CC(F)(F)C2)cn1. The van der Waals surface area contributed by atoms with Gasteiger partial charge in [0.15, 0.2) is 17.2 Å². The van der Waals surface area contributed by atoms with Crippen LogP contribution in [0.4, 0.5) is 8.78 Å². The summed E-state index contributed by atoms with van der Waals surface area (Å²) in [4.78, 5) is 15.2. The fraction of sp³-hybridized carbons (Fsp3) is 0.538. The molecule has 2 rings (SSSR count). The average molecular weight is 287 g/mol. The van der Waals surface area contributed by atoms with Gasteiger partial charge in [-0.2, -0.15) is 0 Å². The fourth-order valence-corrected chi connectivity index (χ4v) is 2.02. The predicted molar refractivity (Wildman–Crippen MR) is 65.3 cm³/mol. The van der Waals surface area contributed by atoms with E-state index in [1.807, 2.05) is 0 Å². The first-order valence-electron chi connectivity index (χ1n) is 6.08. The maximum Gasteiger partial charge on any atom is 0.356 e. The number of methoxy groups -OCH3 is 2. The highest BCUT2D eigenvalue weighted by molar-refractivity contribution is 5.87. The Bertz CT molecular complexity index is 499. The second kappa shape index (κ2) is 5.60. The Balaban J connectivity index is 1.99. The summed E-state index contributed by atoms with van der Waals surface area (Å²) < 4.78 is 40.4. The summed E-state index contributed by atoms with van der Waals surface area (Å²) in [5.41, 5.74) is 0.0897. The minimum atomic E-state index is -2.56. The zero-order chi connectivity index (χ0) is 14.8. The van der Waals surface area contributed by atoms with E-state index >= 15 is 0 Å². The first-order valence-corrected chi connectivity index (χ1v) is 6.08. The lowest BCUT2D eigenvalue weighted by molar-refractivity contribution is -0.119. The molecule has 0 aliphatic heterocycles. The smallest absolute Gasteiger partial charge is 0.356 e. The average Bonchev–Trinajstić information content (AvgIpc) is 2.41. The Kier molecular flexibility index (Phi) is 4.06. The van der Waals surface area contributed by atoms with Crippen molar-refractivity contribution in [2.45, 2.75) is 18.8 Å². The normalized spacial score (nSPS) is 17.2. The maximum absolute atomic E-state index is 12.7. The second-order valence-electron chi connectivity index (χ2n) is 4.65. The minimum absolute atomic E-state index is 0.0897. The lowest BCUT2D eigenvalue weighted by Crippen LogP contribution is -2.38. The van der Waals surface area contributed by atoms with E-state index in [4.69, 9.17) is 9.47 Å². The van der Waals surface area contributed by atoms with Gasteiger partial charge in [-0.05, 0) is 0 Å². The highest BCUT2D eigenvalue weighted by atomic mass is 19.3. The zero-order valence-corrected chi connectivity index (χ0v) is 11.2. The molecule has 0 unspecified atom stereocenters. The molecule has 0 N–H and O–H groups in total. The molecule has 0 radical (unpaired) electrons. The van der Waals surface area contributed by atoms with E-state index in [9.17, 15) is 13.6 Å². The van der Waals surface area contributed by atoms with Gasteiger partial charge in [0.05, 0.1) is 27.0 Å². The molecule has 0 atom stereocenters. The van der Waals surface area contributed by atoms with Crippen molar-refractivity contribution in [2.75, 3.05) is 20.8 Å². The lowest BCUT2D eigenvalue weighted by Gasteiger charge is -2.34. The number of carbonyl (C=O) groups excluding carboxylic acids is 1. The third-order valence-corrected chi connectivity index (χ3v) is 3.10. The molecular formula is C13H15F2NO4. The number of carbonyl (C=O) groups is 1. The molecule has 0 spiro atoms. The van der Waals surface area contributed by atoms with Gasteiger partial charge in [0.2, 0.25) is 5.92 Å². The van der Waals surface area contributed by atoms with E-state index in [2.05, 4.69) is 9.72 Å². The lowest BCUT2D eigenvalue weighted by atomic mass is 9.82. The van der Waals surface area contributed by atoms with Crippen molar-refractivity contribution in [1.29, 1.82) is 0 Å². The highest BCUT2D eigenvalue weighted by Crippen LogP contribution is 2.42. The number of rotatable bonds is 5. The van der Waals surface area contributed by atoms with E-state index in [0.717, 1.165) is 0 Å². The quantitative estimate of drug-likeness (QED) is 0.778. The van der Waals surface area contributed by atoms with Gasteiger partial charge in [-0.3, -0.25) is 0 Å². The summed E-state index contributed by atoms with van der Waals surface area (Å²) in [7, 11) is 2.67. The number of hydrogen-bond donors (Lipinski definition) is 0. The van der Waals surface area contributed by atoms with Crippen LogP contribution in [-0.4, -0.2) is 37.7 Å². The summed E-state index contributed by atoms with van der Waals surface area (Å²) in [6.07, 6.45) is 0.994. The van der Waals surface area contributed by atoms with Crippen LogP contribution in [-0.2, 0) is 4.74 Å². The summed E-state index contributed by atoms with van der Waals surface area (Å²) in [5, 5.41) is 0. The van der Waals surface area contributed by atoms with Gasteiger partial charge in [0.25, 0.3) is 0 Å². The molecular weight excluding hydrogens is 272 g/mol. The van der Waals surface area contributed by atoms with Crippen molar-refractivity contribution in [3.05, 3.63) is 18.0 Å². The molecule has 0 amide bonds. The molecule has 7 heteroatoms. The van der Waals surface area contributed by atoms with Crippen molar-refractivity contribution >= 4 is 5.97 Å². The Labute approximate surface area is 114 Å². The molecule has 1 aromatic rings. The Morgan fingerprint density at radius 3 is 2.65 bits per heavy atom. The number of hydrogen-bond acceptors (Lipinski definition) is 5. The van der Waals surface area contributed by atoms with E-state index in [-0.39, 0.29) is 31.1 Å². The summed E-state index contributed by atoms with van der Waals surface area (Å²) in [6.45, 7) is 0.172. The fourth-order valence-electron chi connectivity index (χ4n) is 2.02. The molecule has 0 saturated heterocycles. The molecule has 1 saturated carbocycles. The van der Waals surface area contributed by atoms with Gasteiger partial charge in [-0.25, -0.2) is 18.6 Å². The monoisotopic (exact) mass is 287 g/mol. The van der Waals surface area contributed by atoms with Gasteiger partial charge in [-0.1, -0.05) is 0 Å². The van der Waals surface area contributed by atoms with Crippen molar-refractivity contribution in [2.24, 2.45) is 5.92 Å². The van der Waals surface area contributed by atoms with E-state index in [1.165, 1.54) is 26.5 Å². The number of alkyl halides is 2. The van der Waals surface area contributed by atoms with Crippen LogP contribution in [0, 0.1) is 5.92 Å². The molecule has 5 nitrogen and oxygen atoms in total. The largest absolute Gasteiger partial charge is 0.493 e. The zero-order valence-electron chi connectivity index (χ0n) is 11.2. The number of pyridine rings is 1. The molecule has 1 aliphatic carbocycles. The van der Waals surface area contributed by atoms with Crippen LogP contribution in [0.3, 0.4) is 0 Å². The van der Waals surface area contributed by atoms with E-state index in [0.29, 0.717) is 11.5 Å². The molecule has 0 bridgehead atoms. The van der Waals surface area contributed by atoms with Gasteiger partial charge in [0.1, 0.15) is 0 Å². The summed E-state index contributed by atoms with van der Waals surface area (Å²) in [6, 6.07) is 1.39. The topological polar surface area (TPSA) is 57.7 Å². The first kappa shape index (κ1) is 14.5. The third-order valence-electron chi connectivity index (χ3n) is 3.10.